The summed E-state index contributed by atoms with van der Waals surface area (Å²) in [7, 11) is 0. The number of carboxylic acid groups (broad SMARTS) is 1. The van der Waals surface area contributed by atoms with E-state index >= 15 is 0 Å². The molecule has 0 spiro atoms. The van der Waals surface area contributed by atoms with Crippen LogP contribution in [0.25, 0.3) is 0 Å². The second-order valence-electron chi connectivity index (χ2n) is 4.14. The summed E-state index contributed by atoms with van der Waals surface area (Å²) in [5.74, 6) is -2.55. The maximum atomic E-state index is 12.0. The van der Waals surface area contributed by atoms with Crippen molar-refractivity contribution in [2.45, 2.75) is 19.9 Å². The number of carbonyl (C=O) groups is 2. The molecule has 0 saturated heterocycles. The van der Waals surface area contributed by atoms with E-state index in [1.54, 1.807) is 0 Å². The SMILES string of the molecule is C=C(C)C(=O)N(c1ccc(O)c(O)c1)[C@@H](C)C(=O)O. The van der Waals surface area contributed by atoms with E-state index in [0.717, 1.165) is 11.0 Å². The highest BCUT2D eigenvalue weighted by molar-refractivity contribution is 6.08. The number of anilines is 1. The first-order valence-electron chi connectivity index (χ1n) is 5.49. The van der Waals surface area contributed by atoms with Crippen LogP contribution in [0.1, 0.15) is 13.8 Å². The summed E-state index contributed by atoms with van der Waals surface area (Å²) in [4.78, 5) is 24.1. The fourth-order valence-electron chi connectivity index (χ4n) is 1.49. The lowest BCUT2D eigenvalue weighted by molar-refractivity contribution is -0.139. The van der Waals surface area contributed by atoms with Gasteiger partial charge < -0.3 is 15.3 Å². The number of nitrogens with zero attached hydrogens (tertiary/aromatic N) is 1. The number of phenols is 2. The van der Waals surface area contributed by atoms with Crippen LogP contribution in [0.4, 0.5) is 5.69 Å². The molecule has 0 aliphatic carbocycles. The summed E-state index contributed by atoms with van der Waals surface area (Å²) in [5.41, 5.74) is 0.332. The van der Waals surface area contributed by atoms with E-state index in [1.807, 2.05) is 0 Å². The molecule has 3 N–H and O–H groups in total. The number of aromatic hydroxyl groups is 2. The summed E-state index contributed by atoms with van der Waals surface area (Å²) < 4.78 is 0. The predicted molar refractivity (Wildman–Crippen MR) is 69.2 cm³/mol. The summed E-state index contributed by atoms with van der Waals surface area (Å²) in [6.07, 6.45) is 0. The zero-order valence-electron chi connectivity index (χ0n) is 10.6. The van der Waals surface area contributed by atoms with Gasteiger partial charge in [-0.1, -0.05) is 6.58 Å². The fourth-order valence-corrected chi connectivity index (χ4v) is 1.49. The third-order valence-corrected chi connectivity index (χ3v) is 2.57. The molecule has 1 aromatic carbocycles. The van der Waals surface area contributed by atoms with Gasteiger partial charge in [-0.2, -0.15) is 0 Å². The average Bonchev–Trinajstić information content (AvgIpc) is 2.33. The molecule has 0 radical (unpaired) electrons. The Bertz CT molecular complexity index is 538. The van der Waals surface area contributed by atoms with Gasteiger partial charge in [-0.15, -0.1) is 0 Å². The summed E-state index contributed by atoms with van der Waals surface area (Å²) in [6.45, 7) is 6.29. The van der Waals surface area contributed by atoms with E-state index in [9.17, 15) is 19.8 Å². The lowest BCUT2D eigenvalue weighted by Gasteiger charge is -2.27. The Morgan fingerprint density at radius 3 is 2.26 bits per heavy atom. The lowest BCUT2D eigenvalue weighted by atomic mass is 10.1. The van der Waals surface area contributed by atoms with Gasteiger partial charge in [-0.25, -0.2) is 4.79 Å². The molecule has 19 heavy (non-hydrogen) atoms. The molecule has 0 heterocycles. The van der Waals surface area contributed by atoms with Crippen molar-refractivity contribution in [1.29, 1.82) is 0 Å². The monoisotopic (exact) mass is 265 g/mol. The number of rotatable bonds is 4. The Kier molecular flexibility index (Phi) is 4.16. The highest BCUT2D eigenvalue weighted by Crippen LogP contribution is 2.31. The molecule has 6 nitrogen and oxygen atoms in total. The molecular formula is C13H15NO5. The van der Waals surface area contributed by atoms with Crippen molar-refractivity contribution in [2.75, 3.05) is 4.90 Å². The van der Waals surface area contributed by atoms with E-state index in [2.05, 4.69) is 6.58 Å². The predicted octanol–water partition coefficient (Wildman–Crippen LogP) is 1.48. The number of benzene rings is 1. The molecule has 1 atom stereocenters. The van der Waals surface area contributed by atoms with Crippen LogP contribution < -0.4 is 4.90 Å². The highest BCUT2D eigenvalue weighted by atomic mass is 16.4. The van der Waals surface area contributed by atoms with Crippen molar-refractivity contribution in [3.8, 4) is 11.5 Å². The standard InChI is InChI=1S/C13H15NO5/c1-7(2)12(17)14(8(3)13(18)19)9-4-5-10(15)11(16)6-9/h4-6,8,15-16H,1H2,2-3H3,(H,18,19)/t8-/m0/s1. The average molecular weight is 265 g/mol. The summed E-state index contributed by atoms with van der Waals surface area (Å²) in [5, 5.41) is 27.7. The number of carbonyl (C=O) groups excluding carboxylic acids is 1. The number of hydrogen-bond donors (Lipinski definition) is 3. The molecule has 0 saturated carbocycles. The Labute approximate surface area is 110 Å². The Morgan fingerprint density at radius 1 is 1.26 bits per heavy atom. The molecule has 6 heteroatoms. The van der Waals surface area contributed by atoms with Crippen LogP contribution in [0, 0.1) is 0 Å². The second kappa shape index (κ2) is 5.43. The van der Waals surface area contributed by atoms with Crippen molar-refractivity contribution in [2.24, 2.45) is 0 Å². The lowest BCUT2D eigenvalue weighted by Crippen LogP contribution is -2.43. The van der Waals surface area contributed by atoms with Gasteiger partial charge in [0, 0.05) is 17.3 Å². The molecule has 0 bridgehead atoms. The van der Waals surface area contributed by atoms with Crippen LogP contribution in [0.3, 0.4) is 0 Å². The van der Waals surface area contributed by atoms with Gasteiger partial charge in [0.25, 0.3) is 5.91 Å². The van der Waals surface area contributed by atoms with E-state index in [0.29, 0.717) is 0 Å². The van der Waals surface area contributed by atoms with Crippen molar-refractivity contribution in [1.82, 2.24) is 0 Å². The van der Waals surface area contributed by atoms with Crippen LogP contribution in [-0.4, -0.2) is 33.2 Å². The van der Waals surface area contributed by atoms with Gasteiger partial charge in [-0.05, 0) is 26.0 Å². The normalized spacial score (nSPS) is 11.7. The first kappa shape index (κ1) is 14.6. The van der Waals surface area contributed by atoms with E-state index in [4.69, 9.17) is 5.11 Å². The molecule has 1 aromatic rings. The topological polar surface area (TPSA) is 98.1 Å². The molecular weight excluding hydrogens is 250 g/mol. The number of amides is 1. The number of phenolic OH excluding ortho intramolecular Hbond substituents is 2. The first-order valence-corrected chi connectivity index (χ1v) is 5.49. The maximum absolute atomic E-state index is 12.0. The molecule has 0 aliphatic heterocycles. The highest BCUT2D eigenvalue weighted by Gasteiger charge is 2.27. The van der Waals surface area contributed by atoms with Gasteiger partial charge >= 0.3 is 5.97 Å². The van der Waals surface area contributed by atoms with Crippen molar-refractivity contribution < 1.29 is 24.9 Å². The molecule has 1 rings (SSSR count). The van der Waals surface area contributed by atoms with Crippen molar-refractivity contribution >= 4 is 17.6 Å². The minimum absolute atomic E-state index is 0.165. The van der Waals surface area contributed by atoms with Crippen LogP contribution in [-0.2, 0) is 9.59 Å². The third-order valence-electron chi connectivity index (χ3n) is 2.57. The van der Waals surface area contributed by atoms with Gasteiger partial charge in [-0.3, -0.25) is 9.69 Å². The molecule has 102 valence electrons. The fraction of sp³-hybridized carbons (Fsp3) is 0.231. The minimum atomic E-state index is -1.19. The zero-order chi connectivity index (χ0) is 14.7. The van der Waals surface area contributed by atoms with Crippen LogP contribution in [0.15, 0.2) is 30.4 Å². The smallest absolute Gasteiger partial charge is 0.326 e. The quantitative estimate of drug-likeness (QED) is 0.565. The van der Waals surface area contributed by atoms with E-state index < -0.39 is 23.7 Å². The molecule has 0 aliphatic rings. The van der Waals surface area contributed by atoms with Gasteiger partial charge in [0.15, 0.2) is 11.5 Å². The third kappa shape index (κ3) is 3.04. The van der Waals surface area contributed by atoms with Crippen LogP contribution >= 0.6 is 0 Å². The Balaban J connectivity index is 3.30. The summed E-state index contributed by atoms with van der Waals surface area (Å²) in [6, 6.07) is 2.51. The Hall–Kier alpha value is -2.50. The number of aliphatic carboxylic acids is 1. The number of hydrogen-bond acceptors (Lipinski definition) is 4. The van der Waals surface area contributed by atoms with Gasteiger partial charge in [0.2, 0.25) is 0 Å². The number of carboxylic acids is 1. The van der Waals surface area contributed by atoms with Gasteiger partial charge in [0.1, 0.15) is 6.04 Å². The van der Waals surface area contributed by atoms with E-state index in [1.165, 1.54) is 26.0 Å². The Morgan fingerprint density at radius 2 is 1.84 bits per heavy atom. The largest absolute Gasteiger partial charge is 0.504 e. The first-order chi connectivity index (χ1) is 8.75. The molecule has 0 fully saturated rings. The molecule has 1 amide bonds. The molecule has 0 aromatic heterocycles. The minimum Gasteiger partial charge on any atom is -0.504 e. The van der Waals surface area contributed by atoms with E-state index in [-0.39, 0.29) is 17.0 Å². The van der Waals surface area contributed by atoms with Gasteiger partial charge in [0.05, 0.1) is 0 Å². The maximum Gasteiger partial charge on any atom is 0.326 e. The van der Waals surface area contributed by atoms with Crippen LogP contribution in [0.5, 0.6) is 11.5 Å². The second-order valence-corrected chi connectivity index (χ2v) is 4.14. The molecule has 0 unspecified atom stereocenters. The van der Waals surface area contributed by atoms with Crippen LogP contribution in [0.2, 0.25) is 0 Å². The summed E-state index contributed by atoms with van der Waals surface area (Å²) >= 11 is 0. The van der Waals surface area contributed by atoms with Crippen molar-refractivity contribution in [3.63, 3.8) is 0 Å². The van der Waals surface area contributed by atoms with Crippen molar-refractivity contribution in [3.05, 3.63) is 30.4 Å². The zero-order valence-corrected chi connectivity index (χ0v) is 10.6.